The normalized spacial score (nSPS) is 16.9. The molecule has 11 nitrogen and oxygen atoms in total. The molecule has 3 atom stereocenters. The number of alkyl halides is 2. The molecule has 0 spiro atoms. The van der Waals surface area contributed by atoms with E-state index in [2.05, 4.69) is 28.4 Å². The maximum Gasteiger partial charge on any atom is 0.405 e. The second-order valence-corrected chi connectivity index (χ2v) is 12.7. The number of aromatic amines is 1. The van der Waals surface area contributed by atoms with E-state index in [-0.39, 0.29) is 17.3 Å². The number of nitrogens with zero attached hydrogens (tertiary/aromatic N) is 2. The number of methoxy groups -OCH3 is 2. The number of nitrogens with one attached hydrogen (secondary N) is 2. The Morgan fingerprint density at radius 3 is 2.14 bits per heavy atom. The Morgan fingerprint density at radius 1 is 1.10 bits per heavy atom. The van der Waals surface area contributed by atoms with Crippen molar-refractivity contribution in [2.45, 2.75) is 112 Å². The lowest BCUT2D eigenvalue weighted by atomic mass is 9.85. The average molecular weight is 723 g/mol. The molecule has 4 rings (SSSR count). The van der Waals surface area contributed by atoms with Gasteiger partial charge in [0.1, 0.15) is 17.8 Å². The van der Waals surface area contributed by atoms with Crippen LogP contribution in [-0.4, -0.2) is 70.8 Å². The lowest BCUT2D eigenvalue weighted by Gasteiger charge is -2.35. The standard InChI is InChI=1S/C15H26N2O5.C13H12F2N2O2.C6H10.2C2H6/c1-6-9-7-8-17(10(9)13(19)22-5)12(18)11(15(2,3)4)16-14(20)21;1-3-6-13(14,15)11-12(18)17-10-7-8(19-2)4-5-9(10)16-11;1-2-3-6-4-5-6;2*1-2/h9-11,16H,6-8H2,1-5H3,(H,20,21);3-5,7H,1,6H2,2H3,(H,17,18);2,6H,1,3-5H2;2*1-2H3/t9-,10?,11-;;;;/m1..../s1. The van der Waals surface area contributed by atoms with E-state index in [4.69, 9.17) is 14.6 Å². The minimum Gasteiger partial charge on any atom is -0.497 e. The van der Waals surface area contributed by atoms with E-state index >= 15 is 0 Å². The van der Waals surface area contributed by atoms with Gasteiger partial charge < -0.3 is 29.8 Å². The number of likely N-dealkylation sites (tertiary alicyclic amines) is 1. The fourth-order valence-electron chi connectivity index (χ4n) is 5.22. The highest BCUT2D eigenvalue weighted by Crippen LogP contribution is 2.33. The third-order valence-electron chi connectivity index (χ3n) is 8.00. The average Bonchev–Trinajstić information content (AvgIpc) is 3.82. The summed E-state index contributed by atoms with van der Waals surface area (Å²) in [5, 5.41) is 11.3. The number of hydrogen-bond acceptors (Lipinski definition) is 7. The molecule has 13 heteroatoms. The van der Waals surface area contributed by atoms with Crippen molar-refractivity contribution in [3.8, 4) is 5.75 Å². The largest absolute Gasteiger partial charge is 0.497 e. The van der Waals surface area contributed by atoms with Crippen molar-refractivity contribution in [1.82, 2.24) is 20.2 Å². The van der Waals surface area contributed by atoms with Crippen molar-refractivity contribution < 1.29 is 37.7 Å². The molecule has 3 N–H and O–H groups in total. The Balaban J connectivity index is 0.000000779. The van der Waals surface area contributed by atoms with Crippen molar-refractivity contribution in [3.05, 3.63) is 59.6 Å². The number of halogens is 2. The first kappa shape index (κ1) is 46.7. The Labute approximate surface area is 301 Å². The van der Waals surface area contributed by atoms with E-state index in [1.165, 1.54) is 50.5 Å². The highest BCUT2D eigenvalue weighted by molar-refractivity contribution is 5.90. The Bertz CT molecular complexity index is 1470. The van der Waals surface area contributed by atoms with E-state index in [0.717, 1.165) is 18.4 Å². The number of allylic oxidation sites excluding steroid dienone is 2. The number of ether oxygens (including phenoxy) is 2. The maximum absolute atomic E-state index is 13.7. The van der Waals surface area contributed by atoms with Gasteiger partial charge in [-0.2, -0.15) is 8.78 Å². The second-order valence-electron chi connectivity index (χ2n) is 12.7. The van der Waals surface area contributed by atoms with Crippen LogP contribution in [0.3, 0.4) is 0 Å². The van der Waals surface area contributed by atoms with Crippen LogP contribution in [0.15, 0.2) is 48.3 Å². The number of carboxylic acid groups (broad SMARTS) is 1. The van der Waals surface area contributed by atoms with Crippen LogP contribution < -0.4 is 15.6 Å². The number of amides is 2. The van der Waals surface area contributed by atoms with Gasteiger partial charge in [-0.05, 0) is 55.1 Å². The first-order valence-electron chi connectivity index (χ1n) is 17.6. The molecule has 2 fully saturated rings. The number of aromatic nitrogens is 2. The zero-order valence-electron chi connectivity index (χ0n) is 32.1. The number of fused-ring (bicyclic) bond motifs is 1. The molecule has 1 aromatic heterocycles. The van der Waals surface area contributed by atoms with Gasteiger partial charge in [0.2, 0.25) is 5.91 Å². The van der Waals surface area contributed by atoms with Crippen molar-refractivity contribution in [1.29, 1.82) is 0 Å². The van der Waals surface area contributed by atoms with Gasteiger partial charge in [-0.3, -0.25) is 9.59 Å². The minimum atomic E-state index is -3.33. The molecule has 1 saturated heterocycles. The molecule has 288 valence electrons. The molecule has 1 aliphatic carbocycles. The van der Waals surface area contributed by atoms with Gasteiger partial charge in [-0.1, -0.05) is 74.0 Å². The SMILES string of the molecule is C=CCC(F)(F)c1nc2ccc(OC)cc2[nH]c1=O.C=CCC1CC1.CC.CC.CC[C@@H]1CCN(C(=O)[C@@H](NC(=O)O)C(C)(C)C)C1C(=O)OC. The van der Waals surface area contributed by atoms with Crippen LogP contribution >= 0.6 is 0 Å². The van der Waals surface area contributed by atoms with E-state index in [9.17, 15) is 28.0 Å². The lowest BCUT2D eigenvalue weighted by Crippen LogP contribution is -2.57. The Kier molecular flexibility index (Phi) is 20.6. The molecule has 51 heavy (non-hydrogen) atoms. The fourth-order valence-corrected chi connectivity index (χ4v) is 5.22. The summed E-state index contributed by atoms with van der Waals surface area (Å²) in [6.45, 7) is 22.6. The first-order valence-corrected chi connectivity index (χ1v) is 17.6. The minimum absolute atomic E-state index is 0.0434. The molecule has 2 heterocycles. The van der Waals surface area contributed by atoms with Crippen molar-refractivity contribution in [2.75, 3.05) is 20.8 Å². The number of benzene rings is 1. The van der Waals surface area contributed by atoms with Crippen LogP contribution in [0.2, 0.25) is 0 Å². The number of carbonyl (C=O) groups is 3. The zero-order valence-corrected chi connectivity index (χ0v) is 32.1. The second kappa shape index (κ2) is 22.5. The summed E-state index contributed by atoms with van der Waals surface area (Å²) < 4.78 is 37.2. The molecule has 0 bridgehead atoms. The molecule has 1 aromatic carbocycles. The van der Waals surface area contributed by atoms with Crippen LogP contribution in [0.4, 0.5) is 13.6 Å². The molecule has 2 aromatic rings. The van der Waals surface area contributed by atoms with Gasteiger partial charge in [0.05, 0.1) is 25.3 Å². The number of esters is 1. The first-order chi connectivity index (χ1) is 24.0. The molecule has 2 amide bonds. The zero-order chi connectivity index (χ0) is 39.5. The van der Waals surface area contributed by atoms with Crippen LogP contribution in [0.1, 0.15) is 99.6 Å². The highest BCUT2D eigenvalue weighted by atomic mass is 19.3. The molecule has 2 aliphatic rings. The Hall–Kier alpha value is -4.29. The van der Waals surface area contributed by atoms with Crippen LogP contribution in [0.5, 0.6) is 5.75 Å². The maximum atomic E-state index is 13.7. The summed E-state index contributed by atoms with van der Waals surface area (Å²) in [5.41, 5.74) is -1.68. The van der Waals surface area contributed by atoms with Crippen molar-refractivity contribution >= 4 is 29.0 Å². The summed E-state index contributed by atoms with van der Waals surface area (Å²) in [7, 11) is 2.77. The van der Waals surface area contributed by atoms with Crippen LogP contribution in [0, 0.1) is 17.3 Å². The highest BCUT2D eigenvalue weighted by Gasteiger charge is 2.46. The van der Waals surface area contributed by atoms with Gasteiger partial charge in [0, 0.05) is 19.0 Å². The third-order valence-corrected chi connectivity index (χ3v) is 8.00. The van der Waals surface area contributed by atoms with Gasteiger partial charge in [0.15, 0.2) is 5.69 Å². The lowest BCUT2D eigenvalue weighted by molar-refractivity contribution is -0.153. The quantitative estimate of drug-likeness (QED) is 0.165. The summed E-state index contributed by atoms with van der Waals surface area (Å²) in [4.78, 5) is 55.1. The summed E-state index contributed by atoms with van der Waals surface area (Å²) in [6.07, 6.45) is 6.80. The number of hydrogen-bond donors (Lipinski definition) is 3. The van der Waals surface area contributed by atoms with E-state index in [1.807, 2.05) is 40.7 Å². The van der Waals surface area contributed by atoms with Gasteiger partial charge in [0.25, 0.3) is 11.5 Å². The summed E-state index contributed by atoms with van der Waals surface area (Å²) >= 11 is 0. The number of carbonyl (C=O) groups excluding carboxylic acids is 2. The molecule has 1 saturated carbocycles. The van der Waals surface area contributed by atoms with Crippen molar-refractivity contribution in [3.63, 3.8) is 0 Å². The molecular weight excluding hydrogens is 662 g/mol. The van der Waals surface area contributed by atoms with Gasteiger partial charge >= 0.3 is 12.1 Å². The molecular formula is C38H60F2N4O7. The van der Waals surface area contributed by atoms with Gasteiger partial charge in [-0.15, -0.1) is 13.2 Å². The summed E-state index contributed by atoms with van der Waals surface area (Å²) in [5.74, 6) is -2.56. The topological polar surface area (TPSA) is 151 Å². The Morgan fingerprint density at radius 2 is 1.71 bits per heavy atom. The van der Waals surface area contributed by atoms with Crippen LogP contribution in [0.25, 0.3) is 11.0 Å². The monoisotopic (exact) mass is 722 g/mol. The molecule has 0 radical (unpaired) electrons. The molecule has 1 unspecified atom stereocenters. The van der Waals surface area contributed by atoms with E-state index in [0.29, 0.717) is 24.2 Å². The summed E-state index contributed by atoms with van der Waals surface area (Å²) in [6, 6.07) is 3.08. The fraction of sp³-hybridized carbons (Fsp3) is 0.605. The molecule has 1 aliphatic heterocycles. The number of H-pyrrole nitrogens is 1. The van der Waals surface area contributed by atoms with Gasteiger partial charge in [-0.25, -0.2) is 14.6 Å². The predicted octanol–water partition coefficient (Wildman–Crippen LogP) is 8.09. The smallest absolute Gasteiger partial charge is 0.405 e. The third kappa shape index (κ3) is 14.5. The van der Waals surface area contributed by atoms with E-state index in [1.54, 1.807) is 26.8 Å². The predicted molar refractivity (Wildman–Crippen MR) is 198 cm³/mol. The number of rotatable bonds is 10. The van der Waals surface area contributed by atoms with E-state index < -0.39 is 53.2 Å². The van der Waals surface area contributed by atoms with Crippen molar-refractivity contribution in [2.24, 2.45) is 17.3 Å². The van der Waals surface area contributed by atoms with Crippen LogP contribution in [-0.2, 0) is 20.2 Å².